The molecule has 7 nitrogen and oxygen atoms in total. The Kier molecular flexibility index (Phi) is 4.53. The fourth-order valence-corrected chi connectivity index (χ4v) is 2.51. The molecule has 0 atom stereocenters. The Morgan fingerprint density at radius 1 is 1.23 bits per heavy atom. The second-order valence-electron chi connectivity index (χ2n) is 5.37. The van der Waals surface area contributed by atoms with Gasteiger partial charge in [-0.3, -0.25) is 5.10 Å². The predicted octanol–water partition coefficient (Wildman–Crippen LogP) is 2.12. The van der Waals surface area contributed by atoms with E-state index in [9.17, 15) is 4.79 Å². The van der Waals surface area contributed by atoms with Gasteiger partial charge in [0.05, 0.1) is 11.9 Å². The van der Waals surface area contributed by atoms with E-state index < -0.39 is 0 Å². The van der Waals surface area contributed by atoms with Crippen molar-refractivity contribution in [3.8, 4) is 0 Å². The molecular weight excluding hydrogens is 280 g/mol. The number of pyridine rings is 1. The Labute approximate surface area is 129 Å². The zero-order chi connectivity index (χ0) is 15.2. The molecule has 116 valence electrons. The lowest BCUT2D eigenvalue weighted by molar-refractivity contribution is 0.251. The van der Waals surface area contributed by atoms with Gasteiger partial charge in [-0.2, -0.15) is 5.10 Å². The van der Waals surface area contributed by atoms with Crippen LogP contribution in [0.15, 0.2) is 30.7 Å². The van der Waals surface area contributed by atoms with Gasteiger partial charge in [0, 0.05) is 32.0 Å². The number of hydrogen-bond acceptors (Lipinski definition) is 4. The van der Waals surface area contributed by atoms with Gasteiger partial charge in [-0.15, -0.1) is 0 Å². The van der Waals surface area contributed by atoms with Crippen molar-refractivity contribution in [2.45, 2.75) is 25.8 Å². The average molecular weight is 300 g/mol. The fraction of sp³-hybridized carbons (Fsp3) is 0.400. The van der Waals surface area contributed by atoms with Crippen molar-refractivity contribution >= 4 is 17.5 Å². The maximum Gasteiger partial charge on any atom is 0.319 e. The van der Waals surface area contributed by atoms with Crippen LogP contribution in [0.3, 0.4) is 0 Å². The van der Waals surface area contributed by atoms with Crippen LogP contribution in [0, 0.1) is 0 Å². The number of amides is 2. The summed E-state index contributed by atoms with van der Waals surface area (Å²) >= 11 is 0. The number of hydrogen-bond donors (Lipinski definition) is 3. The molecule has 22 heavy (non-hydrogen) atoms. The van der Waals surface area contributed by atoms with Crippen molar-refractivity contribution in [2.75, 3.05) is 23.3 Å². The van der Waals surface area contributed by atoms with Gasteiger partial charge in [0.1, 0.15) is 5.82 Å². The molecule has 0 unspecified atom stereocenters. The minimum Gasteiger partial charge on any atom is -0.357 e. The lowest BCUT2D eigenvalue weighted by Gasteiger charge is -2.27. The number of aromatic nitrogens is 3. The molecule has 7 heteroatoms. The molecule has 0 radical (unpaired) electrons. The number of piperidine rings is 1. The summed E-state index contributed by atoms with van der Waals surface area (Å²) in [6, 6.07) is 3.77. The summed E-state index contributed by atoms with van der Waals surface area (Å²) in [6.07, 6.45) is 8.77. The first-order valence-corrected chi connectivity index (χ1v) is 7.55. The monoisotopic (exact) mass is 300 g/mol. The van der Waals surface area contributed by atoms with Gasteiger partial charge in [-0.25, -0.2) is 9.78 Å². The highest BCUT2D eigenvalue weighted by molar-refractivity contribution is 5.88. The van der Waals surface area contributed by atoms with E-state index in [-0.39, 0.29) is 6.03 Å². The molecule has 0 saturated carbocycles. The first-order valence-electron chi connectivity index (χ1n) is 7.55. The summed E-state index contributed by atoms with van der Waals surface area (Å²) < 4.78 is 0. The largest absolute Gasteiger partial charge is 0.357 e. The van der Waals surface area contributed by atoms with Crippen LogP contribution < -0.4 is 15.5 Å². The van der Waals surface area contributed by atoms with Crippen LogP contribution >= 0.6 is 0 Å². The quantitative estimate of drug-likeness (QED) is 0.807. The number of aromatic amines is 1. The summed E-state index contributed by atoms with van der Waals surface area (Å²) in [5, 5.41) is 11.9. The van der Waals surface area contributed by atoms with Crippen molar-refractivity contribution < 1.29 is 4.79 Å². The van der Waals surface area contributed by atoms with E-state index in [0.717, 1.165) is 24.5 Å². The average Bonchev–Trinajstić information content (AvgIpc) is 3.07. The number of nitrogens with one attached hydrogen (secondary N) is 3. The highest BCUT2D eigenvalue weighted by atomic mass is 16.2. The molecule has 0 bridgehead atoms. The molecule has 1 fully saturated rings. The minimum absolute atomic E-state index is 0.262. The number of nitrogens with zero attached hydrogens (tertiary/aromatic N) is 3. The molecule has 0 aromatic carbocycles. The minimum atomic E-state index is -0.262. The zero-order valence-electron chi connectivity index (χ0n) is 12.4. The van der Waals surface area contributed by atoms with Gasteiger partial charge < -0.3 is 15.5 Å². The molecule has 2 aromatic heterocycles. The van der Waals surface area contributed by atoms with Crippen molar-refractivity contribution in [2.24, 2.45) is 0 Å². The smallest absolute Gasteiger partial charge is 0.319 e. The second kappa shape index (κ2) is 6.93. The number of rotatable bonds is 4. The molecule has 3 N–H and O–H groups in total. The standard InChI is InChI=1S/C15H20N6O/c22-15(20-13-10-18-19-11-13)17-9-12-4-5-14(16-8-12)21-6-2-1-3-7-21/h4-5,8,10-11H,1-3,6-7,9H2,(H,18,19)(H2,17,20,22). The Bertz CT molecular complexity index is 589. The third kappa shape index (κ3) is 3.75. The van der Waals surface area contributed by atoms with Gasteiger partial charge in [-0.05, 0) is 30.9 Å². The lowest BCUT2D eigenvalue weighted by Crippen LogP contribution is -2.30. The van der Waals surface area contributed by atoms with E-state index in [2.05, 4.69) is 30.7 Å². The molecule has 3 rings (SSSR count). The van der Waals surface area contributed by atoms with E-state index >= 15 is 0 Å². The third-order valence-corrected chi connectivity index (χ3v) is 3.70. The summed E-state index contributed by atoms with van der Waals surface area (Å²) in [7, 11) is 0. The van der Waals surface area contributed by atoms with E-state index in [1.807, 2.05) is 18.3 Å². The topological polar surface area (TPSA) is 85.9 Å². The highest BCUT2D eigenvalue weighted by Gasteiger charge is 2.11. The maximum absolute atomic E-state index is 11.7. The van der Waals surface area contributed by atoms with Crippen LogP contribution in [0.4, 0.5) is 16.3 Å². The lowest BCUT2D eigenvalue weighted by atomic mass is 10.1. The Morgan fingerprint density at radius 3 is 2.77 bits per heavy atom. The number of carbonyl (C=O) groups excluding carboxylic acids is 1. The normalized spacial score (nSPS) is 14.6. The van der Waals surface area contributed by atoms with Gasteiger partial charge >= 0.3 is 6.03 Å². The van der Waals surface area contributed by atoms with Crippen LogP contribution in [0.5, 0.6) is 0 Å². The van der Waals surface area contributed by atoms with E-state index in [4.69, 9.17) is 0 Å². The SMILES string of the molecule is O=C(NCc1ccc(N2CCCCC2)nc1)Nc1cn[nH]c1. The Balaban J connectivity index is 1.49. The molecule has 0 spiro atoms. The zero-order valence-corrected chi connectivity index (χ0v) is 12.4. The number of anilines is 2. The van der Waals surface area contributed by atoms with Gasteiger partial charge in [0.15, 0.2) is 0 Å². The Hall–Kier alpha value is -2.57. The fourth-order valence-electron chi connectivity index (χ4n) is 2.51. The number of urea groups is 1. The van der Waals surface area contributed by atoms with Crippen molar-refractivity contribution in [1.82, 2.24) is 20.5 Å². The molecule has 1 saturated heterocycles. The third-order valence-electron chi connectivity index (χ3n) is 3.70. The molecule has 2 aromatic rings. The second-order valence-corrected chi connectivity index (χ2v) is 5.37. The van der Waals surface area contributed by atoms with Gasteiger partial charge in [-0.1, -0.05) is 6.07 Å². The summed E-state index contributed by atoms with van der Waals surface area (Å²) in [5.74, 6) is 1.02. The van der Waals surface area contributed by atoms with E-state index in [0.29, 0.717) is 12.2 Å². The summed E-state index contributed by atoms with van der Waals surface area (Å²) in [6.45, 7) is 2.60. The van der Waals surface area contributed by atoms with Crippen LogP contribution in [0.1, 0.15) is 24.8 Å². The summed E-state index contributed by atoms with van der Waals surface area (Å²) in [5.41, 5.74) is 1.61. The van der Waals surface area contributed by atoms with Crippen molar-refractivity contribution in [3.05, 3.63) is 36.3 Å². The molecule has 1 aliphatic heterocycles. The van der Waals surface area contributed by atoms with Crippen molar-refractivity contribution in [1.29, 1.82) is 0 Å². The highest BCUT2D eigenvalue weighted by Crippen LogP contribution is 2.17. The molecule has 2 amide bonds. The first-order chi connectivity index (χ1) is 10.8. The summed E-state index contributed by atoms with van der Waals surface area (Å²) in [4.78, 5) is 18.5. The van der Waals surface area contributed by atoms with Crippen molar-refractivity contribution in [3.63, 3.8) is 0 Å². The Morgan fingerprint density at radius 2 is 2.09 bits per heavy atom. The van der Waals surface area contributed by atoms with E-state index in [1.165, 1.54) is 19.3 Å². The molecular formula is C15H20N6O. The molecule has 1 aliphatic rings. The number of carbonyl (C=O) groups is 1. The predicted molar refractivity (Wildman–Crippen MR) is 84.7 cm³/mol. The van der Waals surface area contributed by atoms with E-state index in [1.54, 1.807) is 12.4 Å². The number of H-pyrrole nitrogens is 1. The maximum atomic E-state index is 11.7. The van der Waals surface area contributed by atoms with Crippen LogP contribution in [-0.4, -0.2) is 34.3 Å². The molecule has 0 aliphatic carbocycles. The molecule has 3 heterocycles. The van der Waals surface area contributed by atoms with Crippen LogP contribution in [0.2, 0.25) is 0 Å². The van der Waals surface area contributed by atoms with Gasteiger partial charge in [0.25, 0.3) is 0 Å². The van der Waals surface area contributed by atoms with Gasteiger partial charge in [0.2, 0.25) is 0 Å². The van der Waals surface area contributed by atoms with Crippen LogP contribution in [0.25, 0.3) is 0 Å². The van der Waals surface area contributed by atoms with Crippen LogP contribution in [-0.2, 0) is 6.54 Å². The first kappa shape index (κ1) is 14.4.